The van der Waals surface area contributed by atoms with Crippen LogP contribution in [0.1, 0.15) is 134 Å². The molecule has 4 aromatic carbocycles. The Hall–Kier alpha value is -7.02. The van der Waals surface area contributed by atoms with Gasteiger partial charge in [0.2, 0.25) is 23.4 Å². The SMILES string of the molecule is CC(/C=C/C=C/C=C(\C)N(CCCCCC(=O)NC(CCCCN)C(=O)NC(CCCCN)C(=O)NCCCCCCOP(=O)(O)OP(=O)(O)OP(=O)(O)OC[C@H]1O[C@@H](n2ccc(N)nc2=O)C[C@H]1O)c1ccc2c(S(=O)(=O)O)cc(S(=O)(=O)O)cc2c1C)=[N+](CCCS(=O)(=O)O)c1ccc2c(S(=O)(=O)O)cc(S(=O)(=O)O)cc2c1C. The number of nitrogen functional groups attached to an aromatic ring is 1. The molecule has 1 fully saturated rings. The molecule has 0 saturated carbocycles. The van der Waals surface area contributed by atoms with Gasteiger partial charge in [0.1, 0.15) is 46.6 Å². The van der Waals surface area contributed by atoms with Crippen LogP contribution in [0.2, 0.25) is 0 Å². The lowest BCUT2D eigenvalue weighted by molar-refractivity contribution is -0.440. The van der Waals surface area contributed by atoms with Crippen molar-refractivity contribution in [3.63, 3.8) is 0 Å². The van der Waals surface area contributed by atoms with Gasteiger partial charge in [-0.25, -0.2) is 18.5 Å². The van der Waals surface area contributed by atoms with Crippen LogP contribution in [0.25, 0.3) is 21.5 Å². The van der Waals surface area contributed by atoms with Crippen molar-refractivity contribution in [2.45, 2.75) is 181 Å². The van der Waals surface area contributed by atoms with Crippen molar-refractivity contribution in [1.82, 2.24) is 25.5 Å². The fourth-order valence-corrected chi connectivity index (χ4v) is 19.1. The lowest BCUT2D eigenvalue weighted by Crippen LogP contribution is -2.53. The zero-order valence-corrected chi connectivity index (χ0v) is 70.2. The highest BCUT2D eigenvalue weighted by Gasteiger charge is 2.44. The number of carbonyl (C=O) groups excluding carboxylic acids is 3. The number of anilines is 2. The number of amides is 3. The highest BCUT2D eigenvalue weighted by Crippen LogP contribution is 2.68. The first-order valence-electron chi connectivity index (χ1n) is 36.0. The highest BCUT2D eigenvalue weighted by atomic mass is 32.2. The highest BCUT2D eigenvalue weighted by molar-refractivity contribution is 7.87. The maximum Gasteiger partial charge on any atom is 0.490 e. The molecule has 0 bridgehead atoms. The molecule has 116 heavy (non-hydrogen) atoms. The quantitative estimate of drug-likeness (QED) is 0.00544. The molecule has 8 atom stereocenters. The summed E-state index contributed by atoms with van der Waals surface area (Å²) in [6, 6.07) is 7.96. The van der Waals surface area contributed by atoms with Crippen LogP contribution in [-0.4, -0.2) is 198 Å². The van der Waals surface area contributed by atoms with Crippen LogP contribution in [0.5, 0.6) is 0 Å². The Labute approximate surface area is 670 Å². The number of hydrogen-bond donors (Lipinski definition) is 15. The predicted molar refractivity (Wildman–Crippen MR) is 423 cm³/mol. The second-order valence-corrected chi connectivity index (χ2v) is 38.8. The third-order valence-electron chi connectivity index (χ3n) is 18.2. The fourth-order valence-electron chi connectivity index (χ4n) is 12.4. The van der Waals surface area contributed by atoms with Gasteiger partial charge in [-0.05, 0) is 163 Å². The minimum Gasteiger partial charge on any atom is -0.390 e. The summed E-state index contributed by atoms with van der Waals surface area (Å²) in [7, 11) is -41.5. The van der Waals surface area contributed by atoms with E-state index < -0.39 is 167 Å². The van der Waals surface area contributed by atoms with Crippen molar-refractivity contribution in [1.29, 1.82) is 0 Å². The van der Waals surface area contributed by atoms with E-state index in [1.54, 1.807) is 60.6 Å². The number of rotatable bonds is 48. The molecule has 0 spiro atoms. The standard InChI is InChI=1S/C67H97N10O31P3S5/c1-44(20-9-7-10-21-45(2)76(34-19-37-112(89,90)91)57-28-26-51-53(47(57)4)39-49(114(95,96)97)41-61(51)116(101,102)103)75(56-27-25-50-52(46(56)3)38-48(113(92,93)94)40-60(50)115(98,99)100)33-17-8-11-24-63(79)72-55(23-13-15-31-69)66(81)73-54(22-12-14-30-68)65(80)71-32-16-5-6-18-36-104-109(83,84)107-111(87,88)108-110(85,86)105-43-59-58(78)42-64(106-59)77-35-29-62(70)74-67(77)82/h7,9-10,20-21,25-29,35,38-41,54-55,58-59,64,78H,5-6,8,11-19,22-24,30-34,36-37,42-43,68-69H2,1-4H3,(H12-,70,71,72,73,74,79,80,81,82,83,84,85,86,87,88,89,90,91,92,93,94,95,96,97,98,99,100,101,102,103)/p+1/t54?,55?,58-,59-,64-/m1/s1. The molecular weight excluding hydrogens is 1690 g/mol. The molecule has 5 unspecified atom stereocenters. The normalized spacial score (nSPS) is 17.7. The summed E-state index contributed by atoms with van der Waals surface area (Å²) >= 11 is 0. The number of allylic oxidation sites excluding steroid dienone is 6. The molecule has 646 valence electrons. The number of nitrogens with zero attached hydrogens (tertiary/aromatic N) is 4. The molecule has 2 heterocycles. The third-order valence-corrected chi connectivity index (χ3v) is 26.7. The summed E-state index contributed by atoms with van der Waals surface area (Å²) < 4.78 is 237. The number of phosphoric acid groups is 3. The summed E-state index contributed by atoms with van der Waals surface area (Å²) in [5.41, 5.74) is 18.4. The molecule has 3 amide bonds. The van der Waals surface area contributed by atoms with E-state index in [1.807, 2.05) is 0 Å². The summed E-state index contributed by atoms with van der Waals surface area (Å²) in [4.78, 5) is 85.9. The molecule has 0 aliphatic carbocycles. The second kappa shape index (κ2) is 42.8. The maximum atomic E-state index is 14.1. The number of aromatic nitrogens is 2. The van der Waals surface area contributed by atoms with E-state index in [9.17, 15) is 118 Å². The van der Waals surface area contributed by atoms with Crippen molar-refractivity contribution in [2.75, 3.05) is 62.3 Å². The number of aliphatic hydroxyl groups excluding tert-OH is 1. The van der Waals surface area contributed by atoms with E-state index in [-0.39, 0.29) is 111 Å². The van der Waals surface area contributed by atoms with Gasteiger partial charge in [-0.3, -0.25) is 50.8 Å². The summed E-state index contributed by atoms with van der Waals surface area (Å²) in [5.74, 6) is -2.48. The van der Waals surface area contributed by atoms with Crippen LogP contribution < -0.4 is 43.7 Å². The number of nitrogens with two attached hydrogens (primary N) is 3. The molecule has 41 nitrogen and oxygen atoms in total. The first-order chi connectivity index (χ1) is 54.0. The Morgan fingerprint density at radius 2 is 1.22 bits per heavy atom. The van der Waals surface area contributed by atoms with Crippen molar-refractivity contribution in [3.8, 4) is 0 Å². The molecule has 5 aromatic rings. The van der Waals surface area contributed by atoms with Crippen LogP contribution in [-0.2, 0) is 101 Å². The number of aryl methyl sites for hydroxylation is 2. The number of ether oxygens (including phenoxy) is 1. The minimum absolute atomic E-state index is 0.0179. The molecule has 1 aliphatic heterocycles. The number of unbranched alkanes of at least 4 members (excludes halogenated alkanes) is 7. The van der Waals surface area contributed by atoms with Gasteiger partial charge in [-0.15, -0.1) is 0 Å². The Morgan fingerprint density at radius 3 is 1.79 bits per heavy atom. The number of benzene rings is 4. The maximum absolute atomic E-state index is 14.1. The van der Waals surface area contributed by atoms with Gasteiger partial charge >= 0.3 is 29.2 Å². The zero-order chi connectivity index (χ0) is 86.5. The number of carbonyl (C=O) groups is 3. The second-order valence-electron chi connectivity index (χ2n) is 26.9. The van der Waals surface area contributed by atoms with Gasteiger partial charge in [0, 0.05) is 85.3 Å². The average molecular weight is 1790 g/mol. The summed E-state index contributed by atoms with van der Waals surface area (Å²) in [6.45, 7) is 5.69. The van der Waals surface area contributed by atoms with Crippen molar-refractivity contribution in [2.24, 2.45) is 11.5 Å². The zero-order valence-electron chi connectivity index (χ0n) is 63.4. The molecule has 6 rings (SSSR count). The van der Waals surface area contributed by atoms with Gasteiger partial charge in [-0.2, -0.15) is 60.3 Å². The van der Waals surface area contributed by atoms with Crippen molar-refractivity contribution in [3.05, 3.63) is 118 Å². The monoisotopic (exact) mass is 1790 g/mol. The Kier molecular flexibility index (Phi) is 36.1. The van der Waals surface area contributed by atoms with E-state index in [4.69, 9.17) is 26.5 Å². The Balaban J connectivity index is 1.08. The number of aliphatic hydroxyl groups is 1. The Bertz CT molecular complexity index is 5350. The predicted octanol–water partition coefficient (Wildman–Crippen LogP) is 5.82. The number of phosphoric ester groups is 2. The smallest absolute Gasteiger partial charge is 0.390 e. The van der Waals surface area contributed by atoms with Crippen LogP contribution in [0.15, 0.2) is 121 Å². The third kappa shape index (κ3) is 30.3. The largest absolute Gasteiger partial charge is 0.490 e. The minimum atomic E-state index is -5.87. The number of hydrogen-bond acceptors (Lipinski definition) is 28. The van der Waals surface area contributed by atoms with Crippen LogP contribution in [0, 0.1) is 13.8 Å². The number of fused-ring (bicyclic) bond motifs is 2. The van der Waals surface area contributed by atoms with Gasteiger partial charge in [-0.1, -0.05) is 43.6 Å². The van der Waals surface area contributed by atoms with E-state index in [1.165, 1.54) is 43.5 Å². The van der Waals surface area contributed by atoms with Crippen LogP contribution >= 0.6 is 23.5 Å². The molecule has 1 aromatic heterocycles. The molecule has 1 saturated heterocycles. The Morgan fingerprint density at radius 1 is 0.664 bits per heavy atom. The van der Waals surface area contributed by atoms with E-state index in [0.717, 1.165) is 16.7 Å². The van der Waals surface area contributed by atoms with Gasteiger partial charge in [0.05, 0.1) is 34.9 Å². The van der Waals surface area contributed by atoms with Crippen LogP contribution in [0.3, 0.4) is 0 Å². The van der Waals surface area contributed by atoms with E-state index in [2.05, 4.69) is 34.1 Å². The topological polar surface area (TPSA) is 657 Å². The molecule has 0 radical (unpaired) electrons. The lowest BCUT2D eigenvalue weighted by atomic mass is 10.0. The van der Waals surface area contributed by atoms with Crippen molar-refractivity contribution < 1.29 is 140 Å². The first-order valence-corrected chi connectivity index (χ1v) is 47.9. The molecule has 18 N–H and O–H groups in total. The summed E-state index contributed by atoms with van der Waals surface area (Å²) in [6.07, 6.45) is 9.29. The van der Waals surface area contributed by atoms with Gasteiger partial charge < -0.3 is 62.6 Å². The lowest BCUT2D eigenvalue weighted by Gasteiger charge is -2.28. The van der Waals surface area contributed by atoms with Crippen molar-refractivity contribution >= 4 is 136 Å². The fraction of sp³-hybridized carbons (Fsp3) is 0.493. The van der Waals surface area contributed by atoms with E-state index in [0.29, 0.717) is 98.3 Å². The number of nitrogens with one attached hydrogen (secondary N) is 3. The average Bonchev–Trinajstić information content (AvgIpc) is 0.933. The van der Waals surface area contributed by atoms with Gasteiger partial charge in [0.15, 0.2) is 5.71 Å². The van der Waals surface area contributed by atoms with Crippen LogP contribution in [0.4, 0.5) is 17.2 Å². The molecular formula is C67H98N10O31P3S5+. The molecule has 1 aliphatic rings. The summed E-state index contributed by atoms with van der Waals surface area (Å²) in [5, 5.41) is 18.5. The first kappa shape index (κ1) is 97.8. The molecule has 49 heteroatoms. The van der Waals surface area contributed by atoms with Gasteiger partial charge in [0.25, 0.3) is 50.6 Å². The van der Waals surface area contributed by atoms with E-state index >= 15 is 0 Å².